The van der Waals surface area contributed by atoms with E-state index in [2.05, 4.69) is 106 Å². The van der Waals surface area contributed by atoms with Gasteiger partial charge in [-0.05, 0) is 83.5 Å². The lowest BCUT2D eigenvalue weighted by molar-refractivity contribution is -0.167. The van der Waals surface area contributed by atoms with E-state index in [4.69, 9.17) is 14.2 Å². The second kappa shape index (κ2) is 52.2. The first-order chi connectivity index (χ1) is 31.5. The summed E-state index contributed by atoms with van der Waals surface area (Å²) < 4.78 is 16.8. The Labute approximate surface area is 395 Å². The normalized spacial score (nSPS) is 12.7. The van der Waals surface area contributed by atoms with Gasteiger partial charge in [-0.2, -0.15) is 0 Å². The summed E-state index contributed by atoms with van der Waals surface area (Å²) >= 11 is 0. The van der Waals surface area contributed by atoms with E-state index >= 15 is 0 Å². The van der Waals surface area contributed by atoms with Gasteiger partial charge in [0.25, 0.3) is 0 Å². The third-order valence-corrected chi connectivity index (χ3v) is 11.1. The first kappa shape index (κ1) is 60.6. The van der Waals surface area contributed by atoms with Gasteiger partial charge in [0.1, 0.15) is 13.2 Å². The average Bonchev–Trinajstić information content (AvgIpc) is 3.29. The highest BCUT2D eigenvalue weighted by Gasteiger charge is 2.19. The summed E-state index contributed by atoms with van der Waals surface area (Å²) in [7, 11) is 0. The predicted octanol–water partition coefficient (Wildman–Crippen LogP) is 17.6. The molecule has 0 bridgehead atoms. The number of esters is 3. The largest absolute Gasteiger partial charge is 0.462 e. The minimum Gasteiger partial charge on any atom is -0.462 e. The molecule has 0 amide bonds. The van der Waals surface area contributed by atoms with E-state index < -0.39 is 6.10 Å². The summed E-state index contributed by atoms with van der Waals surface area (Å²) in [5.41, 5.74) is 0. The lowest BCUT2D eigenvalue weighted by Crippen LogP contribution is -2.30. The molecule has 0 radical (unpaired) electrons. The monoisotopic (exact) mass is 891 g/mol. The van der Waals surface area contributed by atoms with Crippen molar-refractivity contribution in [1.29, 1.82) is 0 Å². The fourth-order valence-electron chi connectivity index (χ4n) is 7.22. The predicted molar refractivity (Wildman–Crippen MR) is 274 cm³/mol. The molecule has 0 aromatic carbocycles. The molecule has 0 saturated heterocycles. The standard InChI is InChI=1S/C58H98O6/c1-4-7-10-13-16-19-22-25-27-29-31-33-36-39-42-45-48-51-57(60)63-54-55(53-62-56(59)50-47-44-41-38-35-24-21-18-15-12-9-6-3)64-58(61)52-49-46-43-40-37-34-32-30-28-26-23-20-17-14-11-8-5-2/h7,9-10,12,16,18-19,21,25,27,31,33,39,42,55H,4-6,8,11,13-15,17,20,22-24,26,28-30,32,34-38,40-41,43-54H2,1-3H3/b10-7-,12-9-,19-16-,21-18-,27-25-,33-31-,42-39-. The molecule has 0 N–H and O–H groups in total. The molecule has 1 atom stereocenters. The maximum absolute atomic E-state index is 12.8. The van der Waals surface area contributed by atoms with E-state index in [1.54, 1.807) is 0 Å². The molecule has 6 heteroatoms. The highest BCUT2D eigenvalue weighted by atomic mass is 16.6. The number of hydrogen-bond donors (Lipinski definition) is 0. The fourth-order valence-corrected chi connectivity index (χ4v) is 7.22. The van der Waals surface area contributed by atoms with Crippen LogP contribution in [0.4, 0.5) is 0 Å². The molecule has 0 spiro atoms. The van der Waals surface area contributed by atoms with Gasteiger partial charge >= 0.3 is 17.9 Å². The lowest BCUT2D eigenvalue weighted by Gasteiger charge is -2.18. The van der Waals surface area contributed by atoms with Gasteiger partial charge in [0.2, 0.25) is 0 Å². The van der Waals surface area contributed by atoms with E-state index in [-0.39, 0.29) is 37.5 Å². The van der Waals surface area contributed by atoms with Crippen LogP contribution in [0.3, 0.4) is 0 Å². The minimum absolute atomic E-state index is 0.100. The van der Waals surface area contributed by atoms with Crippen molar-refractivity contribution in [2.24, 2.45) is 0 Å². The average molecular weight is 891 g/mol. The minimum atomic E-state index is -0.803. The molecule has 0 aliphatic rings. The molecule has 1 unspecified atom stereocenters. The van der Waals surface area contributed by atoms with Crippen molar-refractivity contribution in [3.8, 4) is 0 Å². The Hall–Kier alpha value is -3.41. The number of unbranched alkanes of at least 4 members (excludes halogenated alkanes) is 22. The summed E-state index contributed by atoms with van der Waals surface area (Å²) in [5.74, 6) is -0.971. The van der Waals surface area contributed by atoms with Crippen LogP contribution in [-0.2, 0) is 28.6 Å². The zero-order valence-corrected chi connectivity index (χ0v) is 41.8. The second-order valence-electron chi connectivity index (χ2n) is 17.4. The molecular formula is C58H98O6. The smallest absolute Gasteiger partial charge is 0.306 e. The number of ether oxygens (including phenoxy) is 3. The molecular weight excluding hydrogens is 793 g/mol. The Morgan fingerprint density at radius 1 is 0.328 bits per heavy atom. The van der Waals surface area contributed by atoms with Crippen LogP contribution in [0.1, 0.15) is 245 Å². The molecule has 64 heavy (non-hydrogen) atoms. The van der Waals surface area contributed by atoms with E-state index in [9.17, 15) is 14.4 Å². The third-order valence-electron chi connectivity index (χ3n) is 11.1. The molecule has 6 nitrogen and oxygen atoms in total. The fraction of sp³-hybridized carbons (Fsp3) is 0.707. The van der Waals surface area contributed by atoms with Crippen LogP contribution in [0, 0.1) is 0 Å². The zero-order chi connectivity index (χ0) is 46.5. The van der Waals surface area contributed by atoms with Crippen molar-refractivity contribution < 1.29 is 28.6 Å². The Morgan fingerprint density at radius 2 is 0.625 bits per heavy atom. The van der Waals surface area contributed by atoms with Crippen LogP contribution in [-0.4, -0.2) is 37.2 Å². The summed E-state index contributed by atoms with van der Waals surface area (Å²) in [4.78, 5) is 38.0. The number of carbonyl (C=O) groups excluding carboxylic acids is 3. The van der Waals surface area contributed by atoms with Crippen LogP contribution in [0.5, 0.6) is 0 Å². The van der Waals surface area contributed by atoms with Gasteiger partial charge in [-0.1, -0.05) is 228 Å². The Morgan fingerprint density at radius 3 is 1.02 bits per heavy atom. The van der Waals surface area contributed by atoms with Crippen molar-refractivity contribution in [1.82, 2.24) is 0 Å². The van der Waals surface area contributed by atoms with Crippen LogP contribution >= 0.6 is 0 Å². The first-order valence-corrected chi connectivity index (χ1v) is 26.6. The molecule has 0 heterocycles. The molecule has 0 rings (SSSR count). The highest BCUT2D eigenvalue weighted by Crippen LogP contribution is 2.15. The van der Waals surface area contributed by atoms with Gasteiger partial charge in [-0.3, -0.25) is 14.4 Å². The summed E-state index contributed by atoms with van der Waals surface area (Å²) in [6.45, 7) is 6.36. The van der Waals surface area contributed by atoms with Crippen LogP contribution < -0.4 is 0 Å². The maximum Gasteiger partial charge on any atom is 0.306 e. The number of hydrogen-bond acceptors (Lipinski definition) is 6. The van der Waals surface area contributed by atoms with E-state index in [0.717, 1.165) is 109 Å². The highest BCUT2D eigenvalue weighted by molar-refractivity contribution is 5.71. The summed E-state index contributed by atoms with van der Waals surface area (Å²) in [6, 6.07) is 0. The van der Waals surface area contributed by atoms with Crippen molar-refractivity contribution in [2.75, 3.05) is 13.2 Å². The van der Waals surface area contributed by atoms with Crippen LogP contribution in [0.25, 0.3) is 0 Å². The quantitative estimate of drug-likeness (QED) is 0.0262. The molecule has 366 valence electrons. The molecule has 0 aliphatic carbocycles. The van der Waals surface area contributed by atoms with E-state index in [0.29, 0.717) is 19.3 Å². The van der Waals surface area contributed by atoms with Gasteiger partial charge in [0.15, 0.2) is 6.10 Å². The molecule has 0 aliphatic heterocycles. The van der Waals surface area contributed by atoms with Crippen LogP contribution in [0.2, 0.25) is 0 Å². The number of carbonyl (C=O) groups is 3. The molecule has 0 aromatic heterocycles. The van der Waals surface area contributed by atoms with E-state index in [1.807, 2.05) is 0 Å². The maximum atomic E-state index is 12.8. The lowest BCUT2D eigenvalue weighted by atomic mass is 10.0. The molecule has 0 saturated carbocycles. The van der Waals surface area contributed by atoms with Gasteiger partial charge in [-0.25, -0.2) is 0 Å². The Bertz CT molecular complexity index is 1250. The second-order valence-corrected chi connectivity index (χ2v) is 17.4. The first-order valence-electron chi connectivity index (χ1n) is 26.6. The summed E-state index contributed by atoms with van der Waals surface area (Å²) in [6.07, 6.45) is 67.2. The Balaban J connectivity index is 4.46. The van der Waals surface area contributed by atoms with Gasteiger partial charge < -0.3 is 14.2 Å². The van der Waals surface area contributed by atoms with Crippen molar-refractivity contribution in [3.05, 3.63) is 85.1 Å². The number of rotatable bonds is 47. The summed E-state index contributed by atoms with van der Waals surface area (Å²) in [5, 5.41) is 0. The van der Waals surface area contributed by atoms with E-state index in [1.165, 1.54) is 89.9 Å². The van der Waals surface area contributed by atoms with Gasteiger partial charge in [0.05, 0.1) is 0 Å². The van der Waals surface area contributed by atoms with Gasteiger partial charge in [0, 0.05) is 19.3 Å². The SMILES string of the molecule is CC/C=C\C/C=C\C/C=C\C/C=C\C/C=C\CCCC(=O)OCC(COC(=O)CCCCCCC/C=C\C/C=C\CC)OC(=O)CCCCCCCCCCCCCCCCCCC. The van der Waals surface area contributed by atoms with Gasteiger partial charge in [-0.15, -0.1) is 0 Å². The van der Waals surface area contributed by atoms with Crippen molar-refractivity contribution in [2.45, 2.75) is 252 Å². The zero-order valence-electron chi connectivity index (χ0n) is 41.8. The molecule has 0 fully saturated rings. The third kappa shape index (κ3) is 49.6. The topological polar surface area (TPSA) is 78.9 Å². The Kier molecular flexibility index (Phi) is 49.4. The van der Waals surface area contributed by atoms with Crippen molar-refractivity contribution in [3.63, 3.8) is 0 Å². The van der Waals surface area contributed by atoms with Crippen molar-refractivity contribution >= 4 is 17.9 Å². The number of allylic oxidation sites excluding steroid dienone is 14. The van der Waals surface area contributed by atoms with Crippen LogP contribution in [0.15, 0.2) is 85.1 Å². The molecule has 0 aromatic rings.